The third-order valence-corrected chi connectivity index (χ3v) is 4.44. The number of hydrogen-bond donors (Lipinski definition) is 1. The Morgan fingerprint density at radius 3 is 2.48 bits per heavy atom. The second-order valence-electron chi connectivity index (χ2n) is 4.80. The van der Waals surface area contributed by atoms with E-state index in [2.05, 4.69) is 75.6 Å². The van der Waals surface area contributed by atoms with Crippen LogP contribution in [0.15, 0.2) is 67.0 Å². The molecule has 4 heteroatoms. The van der Waals surface area contributed by atoms with Gasteiger partial charge in [-0.25, -0.2) is 4.68 Å². The molecular formula is C17H16IN3. The van der Waals surface area contributed by atoms with Gasteiger partial charge in [-0.2, -0.15) is 5.10 Å². The first-order chi connectivity index (χ1) is 10.3. The molecule has 0 aliphatic carbocycles. The summed E-state index contributed by atoms with van der Waals surface area (Å²) in [7, 11) is 1.98. The average Bonchev–Trinajstić information content (AvgIpc) is 3.00. The first kappa shape index (κ1) is 14.3. The maximum Gasteiger partial charge on any atom is 0.0645 e. The van der Waals surface area contributed by atoms with Crippen LogP contribution in [0.4, 0.5) is 0 Å². The van der Waals surface area contributed by atoms with E-state index in [4.69, 9.17) is 0 Å². The van der Waals surface area contributed by atoms with Crippen molar-refractivity contribution >= 4 is 22.6 Å². The molecule has 0 saturated heterocycles. The van der Waals surface area contributed by atoms with Crippen molar-refractivity contribution in [3.05, 3.63) is 81.7 Å². The van der Waals surface area contributed by atoms with E-state index in [1.165, 1.54) is 9.13 Å². The number of benzene rings is 2. The van der Waals surface area contributed by atoms with Crippen molar-refractivity contribution in [1.82, 2.24) is 15.1 Å². The number of rotatable bonds is 4. The fourth-order valence-electron chi connectivity index (χ4n) is 2.42. The van der Waals surface area contributed by atoms with Gasteiger partial charge in [0, 0.05) is 15.3 Å². The molecule has 0 amide bonds. The fraction of sp³-hybridized carbons (Fsp3) is 0.118. The zero-order valence-electron chi connectivity index (χ0n) is 11.7. The average molecular weight is 389 g/mol. The van der Waals surface area contributed by atoms with Crippen LogP contribution in [0.1, 0.15) is 17.2 Å². The highest BCUT2D eigenvalue weighted by Crippen LogP contribution is 2.26. The number of hydrogen-bond acceptors (Lipinski definition) is 2. The molecule has 3 aromatic rings. The van der Waals surface area contributed by atoms with Gasteiger partial charge in [-0.3, -0.25) is 0 Å². The summed E-state index contributed by atoms with van der Waals surface area (Å²) in [5, 5.41) is 7.87. The molecule has 1 unspecified atom stereocenters. The van der Waals surface area contributed by atoms with Gasteiger partial charge in [0.25, 0.3) is 0 Å². The predicted molar refractivity (Wildman–Crippen MR) is 93.6 cm³/mol. The Kier molecular flexibility index (Phi) is 4.36. The Balaban J connectivity index is 1.96. The van der Waals surface area contributed by atoms with Crippen LogP contribution in [0, 0.1) is 3.57 Å². The number of para-hydroxylation sites is 1. The zero-order valence-corrected chi connectivity index (χ0v) is 13.9. The number of nitrogens with zero attached hydrogens (tertiary/aromatic N) is 2. The summed E-state index contributed by atoms with van der Waals surface area (Å²) in [5.74, 6) is 0. The van der Waals surface area contributed by atoms with E-state index >= 15 is 0 Å². The van der Waals surface area contributed by atoms with Crippen LogP contribution in [0.25, 0.3) is 5.69 Å². The van der Waals surface area contributed by atoms with E-state index in [0.717, 1.165) is 11.3 Å². The summed E-state index contributed by atoms with van der Waals surface area (Å²) in [6, 6.07) is 18.7. The van der Waals surface area contributed by atoms with Gasteiger partial charge >= 0.3 is 0 Å². The Labute approximate surface area is 138 Å². The molecule has 3 rings (SSSR count). The minimum Gasteiger partial charge on any atom is -0.309 e. The maximum absolute atomic E-state index is 4.48. The lowest BCUT2D eigenvalue weighted by Crippen LogP contribution is -2.18. The van der Waals surface area contributed by atoms with Gasteiger partial charge in [0.05, 0.1) is 17.9 Å². The van der Waals surface area contributed by atoms with Gasteiger partial charge in [-0.15, -0.1) is 0 Å². The second-order valence-corrected chi connectivity index (χ2v) is 5.96. The standard InChI is InChI=1S/C17H16IN3/c1-19-17(15-9-5-6-10-16(15)18)13-11-20-21(12-13)14-7-3-2-4-8-14/h2-12,17,19H,1H3. The topological polar surface area (TPSA) is 29.9 Å². The molecule has 0 aliphatic rings. The van der Waals surface area contributed by atoms with Crippen LogP contribution in [0.2, 0.25) is 0 Å². The van der Waals surface area contributed by atoms with Crippen LogP contribution >= 0.6 is 22.6 Å². The molecule has 3 nitrogen and oxygen atoms in total. The van der Waals surface area contributed by atoms with Gasteiger partial charge in [0.2, 0.25) is 0 Å². The van der Waals surface area contributed by atoms with E-state index < -0.39 is 0 Å². The molecular weight excluding hydrogens is 373 g/mol. The highest BCUT2D eigenvalue weighted by atomic mass is 127. The first-order valence-corrected chi connectivity index (χ1v) is 7.89. The smallest absolute Gasteiger partial charge is 0.0645 e. The summed E-state index contributed by atoms with van der Waals surface area (Å²) in [6.07, 6.45) is 4.01. The van der Waals surface area contributed by atoms with Gasteiger partial charge in [-0.05, 0) is 53.4 Å². The molecule has 0 fully saturated rings. The van der Waals surface area contributed by atoms with Crippen molar-refractivity contribution < 1.29 is 0 Å². The molecule has 2 aromatic carbocycles. The molecule has 0 radical (unpaired) electrons. The van der Waals surface area contributed by atoms with Crippen LogP contribution in [-0.2, 0) is 0 Å². The van der Waals surface area contributed by atoms with Crippen molar-refractivity contribution in [2.75, 3.05) is 7.05 Å². The summed E-state index contributed by atoms with van der Waals surface area (Å²) >= 11 is 2.38. The molecule has 0 spiro atoms. The van der Waals surface area contributed by atoms with E-state index in [-0.39, 0.29) is 6.04 Å². The molecule has 1 atom stereocenters. The summed E-state index contributed by atoms with van der Waals surface area (Å²) in [4.78, 5) is 0. The predicted octanol–water partition coefficient (Wildman–Crippen LogP) is 3.79. The Morgan fingerprint density at radius 1 is 1.05 bits per heavy atom. The quantitative estimate of drug-likeness (QED) is 0.689. The normalized spacial score (nSPS) is 12.3. The summed E-state index contributed by atoms with van der Waals surface area (Å²) in [5.41, 5.74) is 3.50. The van der Waals surface area contributed by atoms with Crippen molar-refractivity contribution in [1.29, 1.82) is 0 Å². The van der Waals surface area contributed by atoms with E-state index in [0.29, 0.717) is 0 Å². The SMILES string of the molecule is CNC(c1cnn(-c2ccccc2)c1)c1ccccc1I. The first-order valence-electron chi connectivity index (χ1n) is 6.81. The molecule has 21 heavy (non-hydrogen) atoms. The van der Waals surface area contributed by atoms with Crippen molar-refractivity contribution in [2.45, 2.75) is 6.04 Å². The van der Waals surface area contributed by atoms with Gasteiger partial charge in [0.1, 0.15) is 0 Å². The third-order valence-electron chi connectivity index (χ3n) is 3.46. The van der Waals surface area contributed by atoms with Crippen molar-refractivity contribution in [2.24, 2.45) is 0 Å². The molecule has 0 bridgehead atoms. The zero-order chi connectivity index (χ0) is 14.7. The van der Waals surface area contributed by atoms with E-state index in [9.17, 15) is 0 Å². The Morgan fingerprint density at radius 2 is 1.76 bits per heavy atom. The minimum absolute atomic E-state index is 0.149. The monoisotopic (exact) mass is 389 g/mol. The molecule has 0 aliphatic heterocycles. The molecule has 106 valence electrons. The van der Waals surface area contributed by atoms with E-state index in [1.807, 2.05) is 36.1 Å². The van der Waals surface area contributed by atoms with Crippen LogP contribution in [-0.4, -0.2) is 16.8 Å². The Hall–Kier alpha value is -1.66. The number of aromatic nitrogens is 2. The van der Waals surface area contributed by atoms with Gasteiger partial charge in [-0.1, -0.05) is 36.4 Å². The number of nitrogens with one attached hydrogen (secondary N) is 1. The lowest BCUT2D eigenvalue weighted by molar-refractivity contribution is 0.688. The van der Waals surface area contributed by atoms with Crippen molar-refractivity contribution in [3.8, 4) is 5.69 Å². The minimum atomic E-state index is 0.149. The lowest BCUT2D eigenvalue weighted by Gasteiger charge is -2.16. The molecule has 1 aromatic heterocycles. The second kappa shape index (κ2) is 6.41. The van der Waals surface area contributed by atoms with Crippen LogP contribution in [0.3, 0.4) is 0 Å². The highest BCUT2D eigenvalue weighted by molar-refractivity contribution is 14.1. The summed E-state index contributed by atoms with van der Waals surface area (Å²) in [6.45, 7) is 0. The summed E-state index contributed by atoms with van der Waals surface area (Å²) < 4.78 is 3.16. The van der Waals surface area contributed by atoms with Crippen LogP contribution in [0.5, 0.6) is 0 Å². The molecule has 0 saturated carbocycles. The Bertz CT molecular complexity index is 722. The third kappa shape index (κ3) is 3.01. The maximum atomic E-state index is 4.48. The lowest BCUT2D eigenvalue weighted by atomic mass is 10.0. The van der Waals surface area contributed by atoms with Gasteiger partial charge < -0.3 is 5.32 Å². The van der Waals surface area contributed by atoms with Crippen LogP contribution < -0.4 is 5.32 Å². The molecule has 1 N–H and O–H groups in total. The van der Waals surface area contributed by atoms with Gasteiger partial charge in [0.15, 0.2) is 0 Å². The largest absolute Gasteiger partial charge is 0.309 e. The molecule has 1 heterocycles. The fourth-order valence-corrected chi connectivity index (χ4v) is 3.12. The van der Waals surface area contributed by atoms with Crippen molar-refractivity contribution in [3.63, 3.8) is 0 Å². The number of halogens is 1. The highest BCUT2D eigenvalue weighted by Gasteiger charge is 2.16. The van der Waals surface area contributed by atoms with E-state index in [1.54, 1.807) is 0 Å².